The van der Waals surface area contributed by atoms with Crippen LogP contribution in [0.15, 0.2) is 23.4 Å². The zero-order chi connectivity index (χ0) is 24.3. The Bertz CT molecular complexity index is 1090. The number of carbonyl (C=O) groups is 2. The predicted octanol–water partition coefficient (Wildman–Crippen LogP) is 1.60. The lowest BCUT2D eigenvalue weighted by Gasteiger charge is -2.37. The highest BCUT2D eigenvalue weighted by Crippen LogP contribution is 2.27. The number of pyridine rings is 1. The molecule has 0 fully saturated rings. The zero-order valence-electron chi connectivity index (χ0n) is 20.0. The van der Waals surface area contributed by atoms with Gasteiger partial charge in [0.2, 0.25) is 5.91 Å². The Morgan fingerprint density at radius 3 is 2.70 bits per heavy atom. The van der Waals surface area contributed by atoms with Crippen LogP contribution in [0.3, 0.4) is 0 Å². The Morgan fingerprint density at radius 1 is 1.33 bits per heavy atom. The first-order valence-corrected chi connectivity index (χ1v) is 11.1. The summed E-state index contributed by atoms with van der Waals surface area (Å²) in [7, 11) is 1.84. The van der Waals surface area contributed by atoms with E-state index >= 15 is 0 Å². The van der Waals surface area contributed by atoms with Crippen molar-refractivity contribution in [2.75, 3.05) is 24.3 Å². The quantitative estimate of drug-likeness (QED) is 0.551. The first-order valence-electron chi connectivity index (χ1n) is 11.1. The van der Waals surface area contributed by atoms with Crippen molar-refractivity contribution in [1.82, 2.24) is 25.1 Å². The predicted molar refractivity (Wildman–Crippen MR) is 126 cm³/mol. The number of carbonyl (C=O) groups excluding carboxylic acids is 2. The van der Waals surface area contributed by atoms with Crippen molar-refractivity contribution in [3.63, 3.8) is 0 Å². The monoisotopic (exact) mass is 455 g/mol. The highest BCUT2D eigenvalue weighted by molar-refractivity contribution is 6.00. The number of anilines is 2. The summed E-state index contributed by atoms with van der Waals surface area (Å²) in [6.45, 7) is 8.89. The molecular weight excluding hydrogens is 422 g/mol. The molecule has 1 aliphatic heterocycles. The van der Waals surface area contributed by atoms with Crippen LogP contribution in [0.5, 0.6) is 0 Å². The molecule has 0 unspecified atom stereocenters. The molecule has 0 spiro atoms. The normalized spacial score (nSPS) is 14.1. The van der Waals surface area contributed by atoms with Gasteiger partial charge < -0.3 is 16.2 Å². The molecule has 2 aromatic rings. The lowest BCUT2D eigenvalue weighted by molar-refractivity contribution is -0.130. The summed E-state index contributed by atoms with van der Waals surface area (Å²) in [5.74, 6) is -0.122. The SMILES string of the molecule is CCn1cc(N(C)N2CCC(C)=C(CC(=O)NCc3c(C)cc(N)nc3CO)C2=O)c(C)n1. The van der Waals surface area contributed by atoms with Crippen molar-refractivity contribution in [2.45, 2.75) is 60.2 Å². The third-order valence-electron chi connectivity index (χ3n) is 6.06. The van der Waals surface area contributed by atoms with E-state index in [-0.39, 0.29) is 31.4 Å². The lowest BCUT2D eigenvalue weighted by atomic mass is 9.98. The van der Waals surface area contributed by atoms with E-state index in [1.165, 1.54) is 0 Å². The molecule has 0 atom stereocenters. The second kappa shape index (κ2) is 10.0. The average Bonchev–Trinajstić information content (AvgIpc) is 3.15. The van der Waals surface area contributed by atoms with Crippen LogP contribution in [0.25, 0.3) is 0 Å². The van der Waals surface area contributed by atoms with E-state index in [9.17, 15) is 14.7 Å². The molecule has 1 aliphatic rings. The van der Waals surface area contributed by atoms with Gasteiger partial charge in [-0.15, -0.1) is 0 Å². The fourth-order valence-corrected chi connectivity index (χ4v) is 4.07. The van der Waals surface area contributed by atoms with Gasteiger partial charge in [0.25, 0.3) is 5.91 Å². The number of nitrogen functional groups attached to an aromatic ring is 1. The summed E-state index contributed by atoms with van der Waals surface area (Å²) in [4.78, 5) is 30.2. The van der Waals surface area contributed by atoms with Gasteiger partial charge in [-0.25, -0.2) is 9.99 Å². The van der Waals surface area contributed by atoms with Crippen molar-refractivity contribution in [3.05, 3.63) is 45.9 Å². The minimum absolute atomic E-state index is 0.0158. The number of hydrogen-bond donors (Lipinski definition) is 3. The summed E-state index contributed by atoms with van der Waals surface area (Å²) in [6.07, 6.45) is 2.59. The maximum absolute atomic E-state index is 13.3. The number of rotatable bonds is 8. The molecule has 10 heteroatoms. The van der Waals surface area contributed by atoms with Gasteiger partial charge in [0.05, 0.1) is 36.3 Å². The summed E-state index contributed by atoms with van der Waals surface area (Å²) in [5, 5.41) is 20.4. The molecule has 178 valence electrons. The minimum atomic E-state index is -0.269. The van der Waals surface area contributed by atoms with E-state index in [2.05, 4.69) is 15.4 Å². The van der Waals surface area contributed by atoms with Crippen LogP contribution in [0.2, 0.25) is 0 Å². The average molecular weight is 456 g/mol. The molecule has 2 aromatic heterocycles. The van der Waals surface area contributed by atoms with Crippen LogP contribution >= 0.6 is 0 Å². The number of aryl methyl sites for hydroxylation is 3. The van der Waals surface area contributed by atoms with Crippen molar-refractivity contribution in [1.29, 1.82) is 0 Å². The van der Waals surface area contributed by atoms with E-state index < -0.39 is 0 Å². The molecule has 0 aromatic carbocycles. The molecule has 0 aliphatic carbocycles. The first-order chi connectivity index (χ1) is 15.7. The van der Waals surface area contributed by atoms with Crippen LogP contribution < -0.4 is 16.1 Å². The molecule has 0 saturated carbocycles. The molecule has 0 radical (unpaired) electrons. The van der Waals surface area contributed by atoms with Crippen molar-refractivity contribution in [3.8, 4) is 0 Å². The van der Waals surface area contributed by atoms with Crippen LogP contribution in [-0.2, 0) is 29.3 Å². The lowest BCUT2D eigenvalue weighted by Crippen LogP contribution is -2.48. The second-order valence-electron chi connectivity index (χ2n) is 8.32. The fraction of sp³-hybridized carbons (Fsp3) is 0.478. The maximum atomic E-state index is 13.3. The van der Waals surface area contributed by atoms with Crippen molar-refractivity contribution in [2.24, 2.45) is 0 Å². The van der Waals surface area contributed by atoms with Gasteiger partial charge in [-0.1, -0.05) is 5.57 Å². The molecule has 3 heterocycles. The van der Waals surface area contributed by atoms with Gasteiger partial charge >= 0.3 is 0 Å². The van der Waals surface area contributed by atoms with Gasteiger partial charge in [0.1, 0.15) is 5.82 Å². The van der Waals surface area contributed by atoms with E-state index in [4.69, 9.17) is 5.73 Å². The highest BCUT2D eigenvalue weighted by Gasteiger charge is 2.30. The molecular formula is C23H33N7O3. The van der Waals surface area contributed by atoms with E-state index in [1.54, 1.807) is 11.1 Å². The van der Waals surface area contributed by atoms with Crippen molar-refractivity contribution < 1.29 is 14.7 Å². The van der Waals surface area contributed by atoms with Crippen LogP contribution in [-0.4, -0.2) is 50.3 Å². The smallest absolute Gasteiger partial charge is 0.268 e. The maximum Gasteiger partial charge on any atom is 0.268 e. The second-order valence-corrected chi connectivity index (χ2v) is 8.32. The topological polar surface area (TPSA) is 130 Å². The number of aliphatic hydroxyl groups is 1. The molecule has 3 rings (SSSR count). The summed E-state index contributed by atoms with van der Waals surface area (Å²) < 4.78 is 1.83. The number of nitrogens with two attached hydrogens (primary N) is 1. The Labute approximate surface area is 194 Å². The number of aromatic nitrogens is 3. The Hall–Kier alpha value is -3.40. The van der Waals surface area contributed by atoms with E-state index in [0.717, 1.165) is 34.6 Å². The van der Waals surface area contributed by atoms with Gasteiger partial charge in [-0.2, -0.15) is 5.10 Å². The van der Waals surface area contributed by atoms with Gasteiger partial charge in [-0.05, 0) is 51.3 Å². The number of nitrogens with one attached hydrogen (secondary N) is 1. The van der Waals surface area contributed by atoms with Crippen molar-refractivity contribution >= 4 is 23.3 Å². The Kier molecular flexibility index (Phi) is 7.37. The summed E-state index contributed by atoms with van der Waals surface area (Å²) >= 11 is 0. The van der Waals surface area contributed by atoms with Gasteiger partial charge in [0, 0.05) is 32.3 Å². The Morgan fingerprint density at radius 2 is 2.06 bits per heavy atom. The molecule has 33 heavy (non-hydrogen) atoms. The fourth-order valence-electron chi connectivity index (χ4n) is 4.07. The molecule has 0 saturated heterocycles. The minimum Gasteiger partial charge on any atom is -0.390 e. The van der Waals surface area contributed by atoms with Crippen LogP contribution in [0, 0.1) is 13.8 Å². The summed E-state index contributed by atoms with van der Waals surface area (Å²) in [6, 6.07) is 1.70. The molecule has 2 amide bonds. The highest BCUT2D eigenvalue weighted by atomic mass is 16.3. The van der Waals surface area contributed by atoms with E-state index in [0.29, 0.717) is 30.1 Å². The molecule has 4 N–H and O–H groups in total. The third-order valence-corrected chi connectivity index (χ3v) is 6.06. The number of nitrogens with zero attached hydrogens (tertiary/aromatic N) is 5. The number of aliphatic hydroxyl groups excluding tert-OH is 1. The standard InChI is InChI=1S/C23H33N7O3/c1-6-29-12-20(16(4)27-29)28(5)30-8-7-14(2)17(23(30)33)10-22(32)25-11-18-15(3)9-21(24)26-19(18)13-31/h9,12,31H,6-8,10-11,13H2,1-5H3,(H2,24,26)(H,25,32). The van der Waals surface area contributed by atoms with Gasteiger partial charge in [-0.3, -0.25) is 19.3 Å². The third kappa shape index (κ3) is 5.16. The number of amides is 2. The van der Waals surface area contributed by atoms with Crippen LogP contribution in [0.4, 0.5) is 11.5 Å². The summed E-state index contributed by atoms with van der Waals surface area (Å²) in [5.41, 5.74) is 10.9. The zero-order valence-corrected chi connectivity index (χ0v) is 20.0. The number of hydrogen-bond acceptors (Lipinski definition) is 7. The Balaban J connectivity index is 1.70. The van der Waals surface area contributed by atoms with E-state index in [1.807, 2.05) is 50.6 Å². The van der Waals surface area contributed by atoms with Gasteiger partial charge in [0.15, 0.2) is 0 Å². The largest absolute Gasteiger partial charge is 0.390 e. The number of hydrazine groups is 1. The van der Waals surface area contributed by atoms with Crippen LogP contribution in [0.1, 0.15) is 49.2 Å². The molecule has 0 bridgehead atoms. The molecule has 10 nitrogen and oxygen atoms in total. The first kappa shape index (κ1) is 24.2.